The maximum atomic E-state index is 5.43. The summed E-state index contributed by atoms with van der Waals surface area (Å²) in [6, 6.07) is 35.1. The van der Waals surface area contributed by atoms with Gasteiger partial charge in [-0.15, -0.1) is 0 Å². The summed E-state index contributed by atoms with van der Waals surface area (Å²) in [5.74, 6) is 0. The van der Waals surface area contributed by atoms with Gasteiger partial charge >= 0.3 is 0 Å². The Morgan fingerprint density at radius 2 is 0.925 bits per heavy atom. The Kier molecular flexibility index (Phi) is 3.65. The van der Waals surface area contributed by atoms with E-state index in [2.05, 4.69) is 119 Å². The first kappa shape index (κ1) is 20.5. The quantitative estimate of drug-likeness (QED) is 0.158. The molecule has 4 aromatic heterocycles. The van der Waals surface area contributed by atoms with Crippen LogP contribution in [0.4, 0.5) is 0 Å². The summed E-state index contributed by atoms with van der Waals surface area (Å²) in [5, 5.41) is 12.2. The standard InChI is InChI=1S/C36H20N4/c1-2-4-20-16-30-26-10-12-28-32-14-8-24(39-32)18-22-6-5-21(37-22)17-23-7-13-31(38-23)27-11-9-25(29(30)15-19(20)3-1)33-34(26)36(28)40-35(27)33/h1-18,38-39H. The fourth-order valence-electron chi connectivity index (χ4n) is 6.78. The van der Waals surface area contributed by atoms with Crippen LogP contribution in [0.5, 0.6) is 0 Å². The zero-order chi connectivity index (χ0) is 25.9. The Hall–Kier alpha value is -5.48. The first-order valence-electron chi connectivity index (χ1n) is 13.6. The van der Waals surface area contributed by atoms with Crippen molar-refractivity contribution >= 4 is 99.1 Å². The topological polar surface area (TPSA) is 57.4 Å². The number of fused-ring (bicyclic) bond motifs is 12. The first-order chi connectivity index (χ1) is 19.8. The maximum absolute atomic E-state index is 5.43. The van der Waals surface area contributed by atoms with E-state index in [9.17, 15) is 0 Å². The maximum Gasteiger partial charge on any atom is 0.0816 e. The molecule has 10 rings (SSSR count). The van der Waals surface area contributed by atoms with Crippen molar-refractivity contribution < 1.29 is 0 Å². The second kappa shape index (κ2) is 7.13. The van der Waals surface area contributed by atoms with E-state index in [-0.39, 0.29) is 0 Å². The number of aromatic nitrogens is 4. The zero-order valence-electron chi connectivity index (χ0n) is 21.3. The van der Waals surface area contributed by atoms with Gasteiger partial charge in [-0.25, -0.2) is 9.97 Å². The van der Waals surface area contributed by atoms with Gasteiger partial charge in [0.2, 0.25) is 0 Å². The first-order valence-corrected chi connectivity index (χ1v) is 13.6. The van der Waals surface area contributed by atoms with Gasteiger partial charge in [-0.1, -0.05) is 48.5 Å². The van der Waals surface area contributed by atoms with Crippen molar-refractivity contribution in [3.8, 4) is 0 Å². The molecule has 2 N–H and O–H groups in total. The lowest BCUT2D eigenvalue weighted by atomic mass is 9.91. The number of hydrogen-bond acceptors (Lipinski definition) is 2. The van der Waals surface area contributed by atoms with E-state index in [0.717, 1.165) is 55.3 Å². The Morgan fingerprint density at radius 1 is 0.425 bits per heavy atom. The molecule has 4 nitrogen and oxygen atoms in total. The number of nitrogens with zero attached hydrogens (tertiary/aromatic N) is 2. The molecule has 0 saturated carbocycles. The largest absolute Gasteiger partial charge is 0.355 e. The van der Waals surface area contributed by atoms with Crippen molar-refractivity contribution in [3.63, 3.8) is 0 Å². The van der Waals surface area contributed by atoms with E-state index in [4.69, 9.17) is 9.97 Å². The number of aromatic amines is 2. The van der Waals surface area contributed by atoms with Gasteiger partial charge < -0.3 is 9.97 Å². The molecule has 0 unspecified atom stereocenters. The summed E-state index contributed by atoms with van der Waals surface area (Å²) in [6.45, 7) is 0. The normalized spacial score (nSPS) is 12.9. The molecule has 0 spiro atoms. The Bertz CT molecular complexity index is 2470. The van der Waals surface area contributed by atoms with Gasteiger partial charge in [-0.2, -0.15) is 0 Å². The SMILES string of the molecule is C1=Cc2cc3ccc([nH]3)c3ccc4c5cc6ccccc6cc5c5ccc(c6ccc(cc1n2)[nH]6)c1nc3c4c51. The molecule has 40 heavy (non-hydrogen) atoms. The van der Waals surface area contributed by atoms with Gasteiger partial charge in [0.1, 0.15) is 0 Å². The smallest absolute Gasteiger partial charge is 0.0816 e. The lowest BCUT2D eigenvalue weighted by Gasteiger charge is -2.11. The van der Waals surface area contributed by atoms with E-state index in [1.54, 1.807) is 0 Å². The average Bonchev–Trinajstić information content (AvgIpc) is 3.79. The van der Waals surface area contributed by atoms with E-state index >= 15 is 0 Å². The summed E-state index contributed by atoms with van der Waals surface area (Å²) in [7, 11) is 0. The summed E-state index contributed by atoms with van der Waals surface area (Å²) in [6.07, 6.45) is 4.11. The van der Waals surface area contributed by atoms with Crippen molar-refractivity contribution in [3.05, 3.63) is 108 Å². The number of benzene rings is 5. The summed E-state index contributed by atoms with van der Waals surface area (Å²) < 4.78 is 0. The van der Waals surface area contributed by atoms with E-state index < -0.39 is 0 Å². The van der Waals surface area contributed by atoms with Gasteiger partial charge in [0.25, 0.3) is 0 Å². The molecule has 4 heteroatoms. The summed E-state index contributed by atoms with van der Waals surface area (Å²) in [5.41, 5.74) is 8.09. The van der Waals surface area contributed by atoms with Gasteiger partial charge in [0.05, 0.1) is 22.4 Å². The zero-order valence-corrected chi connectivity index (χ0v) is 21.3. The van der Waals surface area contributed by atoms with Crippen molar-refractivity contribution in [2.45, 2.75) is 0 Å². The van der Waals surface area contributed by atoms with Gasteiger partial charge in [0.15, 0.2) is 0 Å². The minimum Gasteiger partial charge on any atom is -0.355 e. The van der Waals surface area contributed by atoms with Crippen LogP contribution in [-0.2, 0) is 0 Å². The third-order valence-corrected chi connectivity index (χ3v) is 8.58. The monoisotopic (exact) mass is 508 g/mol. The van der Waals surface area contributed by atoms with Crippen LogP contribution in [0, 0.1) is 0 Å². The molecule has 8 bridgehead atoms. The molecule has 0 amide bonds. The fraction of sp³-hybridized carbons (Fsp3) is 0. The highest BCUT2D eigenvalue weighted by Gasteiger charge is 2.20. The molecule has 5 aromatic carbocycles. The van der Waals surface area contributed by atoms with E-state index in [0.29, 0.717) is 0 Å². The molecule has 0 saturated heterocycles. The number of nitrogens with one attached hydrogen (secondary N) is 2. The van der Waals surface area contributed by atoms with Crippen LogP contribution >= 0.6 is 0 Å². The Labute approximate surface area is 227 Å². The van der Waals surface area contributed by atoms with E-state index in [1.807, 2.05) is 0 Å². The predicted molar refractivity (Wildman–Crippen MR) is 169 cm³/mol. The van der Waals surface area contributed by atoms with Crippen molar-refractivity contribution in [2.75, 3.05) is 0 Å². The molecule has 1 aliphatic heterocycles. The molecular formula is C36H20N4. The minimum absolute atomic E-state index is 0.931. The van der Waals surface area contributed by atoms with E-state index in [1.165, 1.54) is 43.1 Å². The molecule has 0 radical (unpaired) electrons. The van der Waals surface area contributed by atoms with Crippen LogP contribution < -0.4 is 0 Å². The molecule has 0 aliphatic carbocycles. The average molecular weight is 509 g/mol. The highest BCUT2D eigenvalue weighted by atomic mass is 14.8. The van der Waals surface area contributed by atoms with Gasteiger partial charge in [-0.3, -0.25) is 0 Å². The predicted octanol–water partition coefficient (Wildman–Crippen LogP) is 9.40. The van der Waals surface area contributed by atoms with Crippen LogP contribution in [-0.4, -0.2) is 19.9 Å². The number of hydrogen-bond donors (Lipinski definition) is 2. The fourth-order valence-corrected chi connectivity index (χ4v) is 6.78. The summed E-state index contributed by atoms with van der Waals surface area (Å²) >= 11 is 0. The lowest BCUT2D eigenvalue weighted by molar-refractivity contribution is 1.32. The summed E-state index contributed by atoms with van der Waals surface area (Å²) in [4.78, 5) is 17.5. The third-order valence-electron chi connectivity index (χ3n) is 8.58. The molecule has 1 aliphatic rings. The van der Waals surface area contributed by atoms with Crippen molar-refractivity contribution in [1.29, 1.82) is 0 Å². The van der Waals surface area contributed by atoms with Crippen molar-refractivity contribution in [2.24, 2.45) is 0 Å². The molecule has 0 fully saturated rings. The van der Waals surface area contributed by atoms with Crippen LogP contribution in [0.15, 0.2) is 97.1 Å². The highest BCUT2D eigenvalue weighted by Crippen LogP contribution is 2.45. The molecule has 184 valence electrons. The van der Waals surface area contributed by atoms with Crippen molar-refractivity contribution in [1.82, 2.24) is 19.9 Å². The Morgan fingerprint density at radius 3 is 1.45 bits per heavy atom. The van der Waals surface area contributed by atoms with Crippen LogP contribution in [0.1, 0.15) is 11.4 Å². The molecular weight excluding hydrogens is 488 g/mol. The van der Waals surface area contributed by atoms with Crippen LogP contribution in [0.25, 0.3) is 99.1 Å². The van der Waals surface area contributed by atoms with Gasteiger partial charge in [0, 0.05) is 43.6 Å². The number of H-pyrrole nitrogens is 2. The second-order valence-corrected chi connectivity index (χ2v) is 10.9. The minimum atomic E-state index is 0.931. The second-order valence-electron chi connectivity index (χ2n) is 10.9. The third kappa shape index (κ3) is 2.65. The highest BCUT2D eigenvalue weighted by molar-refractivity contribution is 6.39. The molecule has 9 aromatic rings. The van der Waals surface area contributed by atoms with Crippen LogP contribution in [0.3, 0.4) is 0 Å². The lowest BCUT2D eigenvalue weighted by Crippen LogP contribution is -1.84. The molecule has 5 heterocycles. The Balaban J connectivity index is 1.50. The van der Waals surface area contributed by atoms with Crippen LogP contribution in [0.2, 0.25) is 0 Å². The van der Waals surface area contributed by atoms with Gasteiger partial charge in [-0.05, 0) is 93.0 Å². The number of rotatable bonds is 0. The molecule has 0 atom stereocenters.